The van der Waals surface area contributed by atoms with Crippen LogP contribution in [0.3, 0.4) is 0 Å². The van der Waals surface area contributed by atoms with E-state index in [1.165, 1.54) is 197 Å². The van der Waals surface area contributed by atoms with Crippen LogP contribution < -0.4 is 0 Å². The average molecular weight is 711 g/mol. The zero-order chi connectivity index (χ0) is 33.0. The lowest BCUT2D eigenvalue weighted by Crippen LogP contribution is -1.86. The van der Waals surface area contributed by atoms with Crippen LogP contribution in [0.5, 0.6) is 0 Å². The normalized spacial score (nSPS) is 12.4. The van der Waals surface area contributed by atoms with Crippen LogP contribution >= 0.6 is 45.3 Å². The Labute approximate surface area is 304 Å². The average Bonchev–Trinajstić information content (AvgIpc) is 3.84. The van der Waals surface area contributed by atoms with Gasteiger partial charge in [-0.25, -0.2) is 0 Å². The molecule has 48 heavy (non-hydrogen) atoms. The molecule has 0 aliphatic rings. The van der Waals surface area contributed by atoms with Crippen LogP contribution in [0.4, 0.5) is 0 Å². The van der Waals surface area contributed by atoms with Gasteiger partial charge >= 0.3 is 0 Å². The second kappa shape index (κ2) is 15.9. The molecule has 0 radical (unpaired) electrons. The summed E-state index contributed by atoms with van der Waals surface area (Å²) >= 11 is 8.19. The van der Waals surface area contributed by atoms with Gasteiger partial charge in [-0.15, -0.1) is 45.3 Å². The molecule has 0 unspecified atom stereocenters. The SMILES string of the molecule is CCCCCCCCCCc1ccc2c(c1)sc1c2sc2c(C)c3c(sc4c5ccc(CCCCCCCCCC)cc5sc43)c(C)c21. The van der Waals surface area contributed by atoms with E-state index >= 15 is 0 Å². The second-order valence-electron chi connectivity index (χ2n) is 14.5. The molecule has 254 valence electrons. The van der Waals surface area contributed by atoms with E-state index in [0.717, 1.165) is 0 Å². The topological polar surface area (TPSA) is 0 Å². The van der Waals surface area contributed by atoms with Crippen LogP contribution in [0.15, 0.2) is 36.4 Å². The summed E-state index contributed by atoms with van der Waals surface area (Å²) in [5, 5.41) is 5.98. The molecule has 0 saturated heterocycles. The van der Waals surface area contributed by atoms with Crippen molar-refractivity contribution >= 4 is 104 Å². The van der Waals surface area contributed by atoms with E-state index in [2.05, 4.69) is 86.8 Å². The van der Waals surface area contributed by atoms with Crippen LogP contribution in [0.25, 0.3) is 59.1 Å². The van der Waals surface area contributed by atoms with E-state index < -0.39 is 0 Å². The molecule has 0 aliphatic heterocycles. The number of rotatable bonds is 18. The van der Waals surface area contributed by atoms with Crippen molar-refractivity contribution in [3.63, 3.8) is 0 Å². The lowest BCUT2D eigenvalue weighted by atomic mass is 10.0. The van der Waals surface area contributed by atoms with Crippen molar-refractivity contribution in [2.45, 2.75) is 143 Å². The molecule has 4 heteroatoms. The van der Waals surface area contributed by atoms with Crippen LogP contribution in [-0.4, -0.2) is 0 Å². The van der Waals surface area contributed by atoms with Crippen molar-refractivity contribution < 1.29 is 0 Å². The van der Waals surface area contributed by atoms with Crippen molar-refractivity contribution in [1.29, 1.82) is 0 Å². The molecule has 0 amide bonds. The van der Waals surface area contributed by atoms with Gasteiger partial charge in [0.25, 0.3) is 0 Å². The van der Waals surface area contributed by atoms with Crippen LogP contribution in [0.2, 0.25) is 0 Å². The lowest BCUT2D eigenvalue weighted by Gasteiger charge is -2.05. The van der Waals surface area contributed by atoms with E-state index in [1.807, 2.05) is 22.7 Å². The Morgan fingerprint density at radius 3 is 1.17 bits per heavy atom. The number of benzene rings is 3. The first-order valence-corrected chi connectivity index (χ1v) is 22.5. The van der Waals surface area contributed by atoms with Crippen molar-refractivity contribution in [2.75, 3.05) is 0 Å². The van der Waals surface area contributed by atoms with Crippen molar-refractivity contribution in [3.05, 3.63) is 58.7 Å². The molecular weight excluding hydrogens is 657 g/mol. The maximum absolute atomic E-state index is 2.51. The lowest BCUT2D eigenvalue weighted by molar-refractivity contribution is 0.575. The molecular formula is C44H54S4. The predicted molar refractivity (Wildman–Crippen MR) is 225 cm³/mol. The minimum Gasteiger partial charge on any atom is -0.134 e. The quantitative estimate of drug-likeness (QED) is 0.0778. The molecule has 7 aromatic rings. The zero-order valence-electron chi connectivity index (χ0n) is 29.8. The van der Waals surface area contributed by atoms with Gasteiger partial charge in [-0.05, 0) is 73.9 Å². The molecule has 0 bridgehead atoms. The first-order chi connectivity index (χ1) is 23.6. The zero-order valence-corrected chi connectivity index (χ0v) is 33.1. The second-order valence-corrected chi connectivity index (χ2v) is 18.6. The van der Waals surface area contributed by atoms with E-state index in [1.54, 1.807) is 0 Å². The summed E-state index contributed by atoms with van der Waals surface area (Å²) in [7, 11) is 0. The van der Waals surface area contributed by atoms with E-state index in [-0.39, 0.29) is 0 Å². The largest absolute Gasteiger partial charge is 0.134 e. The van der Waals surface area contributed by atoms with E-state index in [9.17, 15) is 0 Å². The third kappa shape index (κ3) is 6.98. The third-order valence-electron chi connectivity index (χ3n) is 10.8. The van der Waals surface area contributed by atoms with Gasteiger partial charge in [0.1, 0.15) is 0 Å². The summed E-state index contributed by atoms with van der Waals surface area (Å²) in [5.41, 5.74) is 6.03. The maximum Gasteiger partial charge on any atom is 0.0545 e. The van der Waals surface area contributed by atoms with E-state index in [4.69, 9.17) is 0 Å². The molecule has 4 heterocycles. The van der Waals surface area contributed by atoms with E-state index in [0.29, 0.717) is 0 Å². The molecule has 0 spiro atoms. The number of fused-ring (bicyclic) bond motifs is 10. The number of unbranched alkanes of at least 4 members (excludes halogenated alkanes) is 14. The highest BCUT2D eigenvalue weighted by Crippen LogP contribution is 2.53. The molecule has 0 N–H and O–H groups in total. The van der Waals surface area contributed by atoms with Crippen LogP contribution in [0.1, 0.15) is 139 Å². The highest BCUT2D eigenvalue weighted by atomic mass is 32.1. The van der Waals surface area contributed by atoms with Gasteiger partial charge in [0.05, 0.1) is 18.8 Å². The summed E-state index contributed by atoms with van der Waals surface area (Å²) in [4.78, 5) is 0. The first-order valence-electron chi connectivity index (χ1n) is 19.2. The van der Waals surface area contributed by atoms with Crippen molar-refractivity contribution in [3.8, 4) is 0 Å². The molecule has 7 rings (SSSR count). The molecule has 3 aromatic carbocycles. The summed E-state index contributed by atoms with van der Waals surface area (Å²) in [6.45, 7) is 9.41. The minimum absolute atomic E-state index is 1.22. The molecule has 0 atom stereocenters. The number of hydrogen-bond acceptors (Lipinski definition) is 4. The predicted octanol–water partition coefficient (Wildman–Crippen LogP) is 16.8. The fraction of sp³-hybridized carbons (Fsp3) is 0.500. The summed E-state index contributed by atoms with van der Waals surface area (Å²) in [6, 6.07) is 14.7. The highest BCUT2D eigenvalue weighted by molar-refractivity contribution is 7.38. The maximum atomic E-state index is 2.51. The first kappa shape index (κ1) is 34.5. The molecule has 0 nitrogen and oxygen atoms in total. The Kier molecular flexibility index (Phi) is 11.4. The van der Waals surface area contributed by atoms with Gasteiger partial charge < -0.3 is 0 Å². The monoisotopic (exact) mass is 710 g/mol. The Morgan fingerprint density at radius 2 is 0.771 bits per heavy atom. The Morgan fingerprint density at radius 1 is 0.396 bits per heavy atom. The fourth-order valence-electron chi connectivity index (χ4n) is 7.95. The van der Waals surface area contributed by atoms with Crippen molar-refractivity contribution in [2.24, 2.45) is 0 Å². The fourth-order valence-corrected chi connectivity index (χ4v) is 13.8. The third-order valence-corrected chi connectivity index (χ3v) is 16.1. The Balaban J connectivity index is 1.10. The number of thiophene rings is 4. The van der Waals surface area contributed by atoms with Crippen LogP contribution in [-0.2, 0) is 12.8 Å². The number of aryl methyl sites for hydroxylation is 4. The van der Waals surface area contributed by atoms with Gasteiger partial charge in [-0.2, -0.15) is 0 Å². The van der Waals surface area contributed by atoms with Crippen LogP contribution in [0, 0.1) is 13.8 Å². The Bertz CT molecular complexity index is 1990. The minimum atomic E-state index is 1.22. The molecule has 0 fully saturated rings. The summed E-state index contributed by atoms with van der Waals surface area (Å²) in [5.74, 6) is 0. The van der Waals surface area contributed by atoms with Gasteiger partial charge in [-0.3, -0.25) is 0 Å². The van der Waals surface area contributed by atoms with Gasteiger partial charge in [0.2, 0.25) is 0 Å². The molecule has 0 aliphatic carbocycles. The number of hydrogen-bond donors (Lipinski definition) is 0. The standard InChI is InChI=1S/C44H54S4/c1-5-7-9-11-13-15-17-19-21-31-23-25-33-35(27-31)45-43-37-29(3)40-38(30(4)39(37)47-41(33)43)44-42(48-40)34-26-24-32(28-36(34)46-44)22-20-18-16-14-12-10-8-6-2/h23-28H,5-22H2,1-4H3. The highest BCUT2D eigenvalue weighted by Gasteiger charge is 2.22. The Hall–Kier alpha value is -1.98. The van der Waals surface area contributed by atoms with Crippen molar-refractivity contribution in [1.82, 2.24) is 0 Å². The summed E-state index contributed by atoms with van der Waals surface area (Å²) < 4.78 is 12.0. The smallest absolute Gasteiger partial charge is 0.0545 e. The summed E-state index contributed by atoms with van der Waals surface area (Å²) in [6.07, 6.45) is 24.6. The van der Waals surface area contributed by atoms with Gasteiger partial charge in [0, 0.05) is 40.3 Å². The molecule has 4 aromatic heterocycles. The van der Waals surface area contributed by atoms with Gasteiger partial charge in [-0.1, -0.05) is 128 Å². The molecule has 0 saturated carbocycles. The van der Waals surface area contributed by atoms with Gasteiger partial charge in [0.15, 0.2) is 0 Å².